The predicted molar refractivity (Wildman–Crippen MR) is 108 cm³/mol. The topological polar surface area (TPSA) is 119 Å². The van der Waals surface area contributed by atoms with Crippen LogP contribution >= 0.6 is 0 Å². The van der Waals surface area contributed by atoms with Gasteiger partial charge in [-0.2, -0.15) is 39.5 Å². The van der Waals surface area contributed by atoms with Gasteiger partial charge in [0.2, 0.25) is 0 Å². The normalized spacial score (nSPS) is 17.3. The Morgan fingerprint density at radius 3 is 2.05 bits per heavy atom. The molecule has 0 saturated carbocycles. The number of aliphatic carboxylic acids is 1. The molecule has 0 bridgehead atoms. The lowest BCUT2D eigenvalue weighted by atomic mass is 9.80. The number of carboxylic acid groups (broad SMARTS) is 1. The average Bonchev–Trinajstić information content (AvgIpc) is 2.77. The van der Waals surface area contributed by atoms with Gasteiger partial charge in [0.1, 0.15) is 0 Å². The van der Waals surface area contributed by atoms with Crippen molar-refractivity contribution in [3.05, 3.63) is 62.5 Å². The van der Waals surface area contributed by atoms with E-state index < -0.39 is 76.6 Å². The van der Waals surface area contributed by atoms with Crippen LogP contribution < -0.4 is 5.32 Å². The molecule has 17 heteroatoms. The Bertz CT molecular complexity index is 1210. The van der Waals surface area contributed by atoms with Crippen LogP contribution in [0.1, 0.15) is 31.7 Å². The molecule has 1 atom stereocenters. The fourth-order valence-electron chi connectivity index (χ4n) is 3.61. The summed E-state index contributed by atoms with van der Waals surface area (Å²) < 4.78 is 122. The van der Waals surface area contributed by atoms with Gasteiger partial charge in [0.15, 0.2) is 0 Å². The van der Waals surface area contributed by atoms with E-state index in [0.717, 1.165) is 18.2 Å². The summed E-state index contributed by atoms with van der Waals surface area (Å²) in [5.74, 6) is -24.9. The van der Waals surface area contributed by atoms with E-state index in [0.29, 0.717) is 0 Å². The number of hydrogen-bond donors (Lipinski definition) is 2. The number of carboxylic acids is 1. The van der Waals surface area contributed by atoms with Crippen LogP contribution in [-0.2, 0) is 14.3 Å². The van der Waals surface area contributed by atoms with E-state index in [1.54, 1.807) is 0 Å². The van der Waals surface area contributed by atoms with Gasteiger partial charge in [-0.3, -0.25) is 10.1 Å². The third-order valence-electron chi connectivity index (χ3n) is 5.48. The van der Waals surface area contributed by atoms with Crippen molar-refractivity contribution in [1.29, 1.82) is 0 Å². The fraction of sp³-hybridized carbons (Fsp3) is 0.429. The minimum absolute atomic E-state index is 0.0383. The number of non-ortho nitro benzene ring substituents is 1. The minimum atomic E-state index is -7.12. The highest BCUT2D eigenvalue weighted by atomic mass is 19.4. The lowest BCUT2D eigenvalue weighted by Crippen LogP contribution is -2.61. The Balaban J connectivity index is 2.39. The first-order valence-electron chi connectivity index (χ1n) is 10.2. The van der Waals surface area contributed by atoms with Crippen LogP contribution in [0.25, 0.3) is 0 Å². The molecule has 1 aromatic rings. The van der Waals surface area contributed by atoms with Crippen molar-refractivity contribution < 1.29 is 63.9 Å². The average molecular weight is 564 g/mol. The van der Waals surface area contributed by atoms with E-state index in [9.17, 15) is 64.3 Å². The van der Waals surface area contributed by atoms with Crippen LogP contribution in [0.3, 0.4) is 0 Å². The van der Waals surface area contributed by atoms with Crippen molar-refractivity contribution in [1.82, 2.24) is 5.32 Å². The molecule has 8 nitrogen and oxygen atoms in total. The molecule has 1 aliphatic heterocycles. The minimum Gasteiger partial charge on any atom is -0.478 e. The molecule has 0 amide bonds. The molecule has 1 aliphatic rings. The number of nitrogens with one attached hydrogen (secondary N) is 1. The highest BCUT2D eigenvalue weighted by molar-refractivity contribution is 5.99. The van der Waals surface area contributed by atoms with E-state index in [4.69, 9.17) is 0 Å². The maximum Gasteiger partial charge on any atom is 0.460 e. The van der Waals surface area contributed by atoms with Crippen LogP contribution in [0, 0.1) is 10.1 Å². The number of dihydropyridines is 1. The zero-order valence-corrected chi connectivity index (χ0v) is 19.1. The standard InChI is InChI=1S/C21H17F9N2O6/c1-9-13(16(33)34)15(11-4-3-5-12(8-11)32(36)37)14(10(2)31-9)17(35)38-7-6-18(22,23)19(24,25)20(26,27)21(28,29)30/h3-5,8,15,31H,6-7H2,1-2H3,(H,33,34). The summed E-state index contributed by atoms with van der Waals surface area (Å²) in [5, 5.41) is 23.3. The van der Waals surface area contributed by atoms with Gasteiger partial charge in [-0.1, -0.05) is 12.1 Å². The van der Waals surface area contributed by atoms with Gasteiger partial charge in [0, 0.05) is 23.5 Å². The number of carbonyl (C=O) groups is 2. The Morgan fingerprint density at radius 1 is 1.00 bits per heavy atom. The van der Waals surface area contributed by atoms with Crippen LogP contribution in [-0.4, -0.2) is 52.5 Å². The largest absolute Gasteiger partial charge is 0.478 e. The molecule has 0 aliphatic carbocycles. The van der Waals surface area contributed by atoms with Crippen LogP contribution in [0.15, 0.2) is 46.8 Å². The highest BCUT2D eigenvalue weighted by Crippen LogP contribution is 2.54. The first-order chi connectivity index (χ1) is 17.2. The van der Waals surface area contributed by atoms with E-state index in [-0.39, 0.29) is 17.0 Å². The van der Waals surface area contributed by atoms with Gasteiger partial charge in [0.25, 0.3) is 5.69 Å². The van der Waals surface area contributed by atoms with Gasteiger partial charge in [-0.05, 0) is 19.4 Å². The number of benzene rings is 1. The smallest absolute Gasteiger partial charge is 0.460 e. The number of rotatable bonds is 9. The Hall–Kier alpha value is -3.79. The number of nitro benzene ring substituents is 1. The van der Waals surface area contributed by atoms with Crippen molar-refractivity contribution >= 4 is 17.6 Å². The third kappa shape index (κ3) is 5.40. The van der Waals surface area contributed by atoms with E-state index in [1.807, 2.05) is 0 Å². The molecule has 1 heterocycles. The summed E-state index contributed by atoms with van der Waals surface area (Å²) >= 11 is 0. The third-order valence-corrected chi connectivity index (χ3v) is 5.48. The number of hydrogen-bond acceptors (Lipinski definition) is 6. The molecule has 0 fully saturated rings. The van der Waals surface area contributed by atoms with Gasteiger partial charge in [0.05, 0.1) is 35.0 Å². The number of allylic oxidation sites excluding steroid dienone is 2. The number of carbonyl (C=O) groups excluding carboxylic acids is 1. The van der Waals surface area contributed by atoms with Crippen molar-refractivity contribution in [2.24, 2.45) is 0 Å². The monoisotopic (exact) mass is 564 g/mol. The number of alkyl halides is 9. The molecular formula is C21H17F9N2O6. The molecule has 0 radical (unpaired) electrons. The molecule has 38 heavy (non-hydrogen) atoms. The number of ether oxygens (including phenoxy) is 1. The molecule has 1 aromatic carbocycles. The van der Waals surface area contributed by atoms with Crippen LogP contribution in [0.2, 0.25) is 0 Å². The summed E-state index contributed by atoms with van der Waals surface area (Å²) in [5.41, 5.74) is -2.01. The quantitative estimate of drug-likeness (QED) is 0.181. The highest BCUT2D eigenvalue weighted by Gasteiger charge is 2.81. The second kappa shape index (κ2) is 10.2. The second-order valence-corrected chi connectivity index (χ2v) is 8.03. The lowest BCUT2D eigenvalue weighted by molar-refractivity contribution is -0.397. The van der Waals surface area contributed by atoms with E-state index >= 15 is 0 Å². The van der Waals surface area contributed by atoms with Crippen molar-refractivity contribution in [3.8, 4) is 0 Å². The van der Waals surface area contributed by atoms with Gasteiger partial charge in [-0.25, -0.2) is 9.59 Å². The number of esters is 1. The first kappa shape index (κ1) is 30.4. The maximum absolute atomic E-state index is 13.8. The molecule has 0 spiro atoms. The number of nitrogens with zero attached hydrogens (tertiary/aromatic N) is 1. The summed E-state index contributed by atoms with van der Waals surface area (Å²) in [4.78, 5) is 35.0. The van der Waals surface area contributed by atoms with E-state index in [2.05, 4.69) is 10.1 Å². The first-order valence-corrected chi connectivity index (χ1v) is 10.2. The van der Waals surface area contributed by atoms with Crippen LogP contribution in [0.4, 0.5) is 45.2 Å². The molecule has 2 N–H and O–H groups in total. The van der Waals surface area contributed by atoms with Gasteiger partial charge < -0.3 is 15.2 Å². The van der Waals surface area contributed by atoms with Crippen molar-refractivity contribution in [3.63, 3.8) is 0 Å². The van der Waals surface area contributed by atoms with Crippen molar-refractivity contribution in [2.45, 2.75) is 50.1 Å². The predicted octanol–water partition coefficient (Wildman–Crippen LogP) is 5.32. The summed E-state index contributed by atoms with van der Waals surface area (Å²) in [7, 11) is 0. The van der Waals surface area contributed by atoms with Gasteiger partial charge >= 0.3 is 35.9 Å². The lowest BCUT2D eigenvalue weighted by Gasteiger charge is -2.33. The Kier molecular flexibility index (Phi) is 8.14. The second-order valence-electron chi connectivity index (χ2n) is 8.03. The Labute approximate surface area is 206 Å². The maximum atomic E-state index is 13.8. The zero-order valence-electron chi connectivity index (χ0n) is 19.1. The fourth-order valence-corrected chi connectivity index (χ4v) is 3.61. The molecule has 0 aromatic heterocycles. The molecule has 0 saturated heterocycles. The molecule has 1 unspecified atom stereocenters. The van der Waals surface area contributed by atoms with E-state index in [1.165, 1.54) is 19.9 Å². The summed E-state index contributed by atoms with van der Waals surface area (Å²) in [6.07, 6.45) is -9.48. The molecule has 2 rings (SSSR count). The SMILES string of the molecule is CC1=C(C(=O)O)C(c2cccc([N+](=O)[O-])c2)C(C(=O)OCCC(F)(F)C(F)(F)C(F)(F)C(F)(F)F)=C(C)N1. The van der Waals surface area contributed by atoms with Gasteiger partial charge in [-0.15, -0.1) is 0 Å². The number of halogens is 9. The molecule has 210 valence electrons. The summed E-state index contributed by atoms with van der Waals surface area (Å²) in [6, 6.07) is 4.27. The molecular weight excluding hydrogens is 547 g/mol. The number of nitro groups is 1. The van der Waals surface area contributed by atoms with Crippen LogP contribution in [0.5, 0.6) is 0 Å². The Morgan fingerprint density at radius 2 is 1.55 bits per heavy atom. The zero-order chi connectivity index (χ0) is 29.4. The van der Waals surface area contributed by atoms with Crippen molar-refractivity contribution in [2.75, 3.05) is 6.61 Å². The summed E-state index contributed by atoms with van der Waals surface area (Å²) in [6.45, 7) is 0.678.